The lowest BCUT2D eigenvalue weighted by molar-refractivity contribution is 0.0131. The summed E-state index contributed by atoms with van der Waals surface area (Å²) in [6, 6.07) is 11.2. The molecule has 0 aromatic heterocycles. The minimum absolute atomic E-state index is 0.0348. The van der Waals surface area contributed by atoms with Crippen molar-refractivity contribution in [1.29, 1.82) is 0 Å². The fourth-order valence-electron chi connectivity index (χ4n) is 3.11. The molecule has 0 aliphatic carbocycles. The first-order valence-corrected chi connectivity index (χ1v) is 8.98. The molecule has 28 heavy (non-hydrogen) atoms. The summed E-state index contributed by atoms with van der Waals surface area (Å²) in [7, 11) is 0. The summed E-state index contributed by atoms with van der Waals surface area (Å²) in [5.41, 5.74) is 0.991. The van der Waals surface area contributed by atoms with Gasteiger partial charge in [-0.2, -0.15) is 0 Å². The number of nitrogens with zero attached hydrogens (tertiary/aromatic N) is 1. The maximum atomic E-state index is 14.5. The Balaban J connectivity index is 1.78. The summed E-state index contributed by atoms with van der Waals surface area (Å²) in [4.78, 5) is 25.7. The largest absolute Gasteiger partial charge is 0.444 e. The highest BCUT2D eigenvalue weighted by Crippen LogP contribution is 2.33. The minimum Gasteiger partial charge on any atom is -0.444 e. The molecule has 148 valence electrons. The summed E-state index contributed by atoms with van der Waals surface area (Å²) in [5, 5.41) is 13.1. The average Bonchev–Trinajstić information content (AvgIpc) is 2.86. The number of carbonyl (C=O) groups is 2. The normalized spacial score (nSPS) is 16.1. The van der Waals surface area contributed by atoms with Crippen LogP contribution in [-0.4, -0.2) is 27.6 Å². The fraction of sp³-hybridized carbons (Fsp3) is 0.333. The third-order valence-electron chi connectivity index (χ3n) is 4.39. The molecule has 0 bridgehead atoms. The van der Waals surface area contributed by atoms with Crippen molar-refractivity contribution in [3.05, 3.63) is 70.5 Å². The van der Waals surface area contributed by atoms with E-state index in [0.717, 1.165) is 0 Å². The Morgan fingerprint density at radius 1 is 1.21 bits per heavy atom. The summed E-state index contributed by atoms with van der Waals surface area (Å²) in [6.07, 6.45) is -1.76. The molecule has 6 nitrogen and oxygen atoms in total. The summed E-state index contributed by atoms with van der Waals surface area (Å²) >= 11 is 0. The van der Waals surface area contributed by atoms with Crippen molar-refractivity contribution in [2.45, 2.75) is 45.7 Å². The summed E-state index contributed by atoms with van der Waals surface area (Å²) in [5.74, 6) is -0.878. The zero-order valence-corrected chi connectivity index (χ0v) is 16.0. The smallest absolute Gasteiger partial charge is 0.407 e. The number of ether oxygens (including phenoxy) is 1. The van der Waals surface area contributed by atoms with Gasteiger partial charge in [0.15, 0.2) is 6.23 Å². The van der Waals surface area contributed by atoms with Gasteiger partial charge < -0.3 is 20.1 Å². The molecule has 0 spiro atoms. The quantitative estimate of drug-likeness (QED) is 0.843. The Bertz CT molecular complexity index is 908. The number of amides is 2. The van der Waals surface area contributed by atoms with Crippen LogP contribution in [0.2, 0.25) is 0 Å². The van der Waals surface area contributed by atoms with Crippen molar-refractivity contribution < 1.29 is 23.8 Å². The molecule has 1 heterocycles. The third-order valence-corrected chi connectivity index (χ3v) is 4.39. The van der Waals surface area contributed by atoms with Gasteiger partial charge in [0, 0.05) is 23.2 Å². The molecule has 7 heteroatoms. The van der Waals surface area contributed by atoms with E-state index in [9.17, 15) is 19.1 Å². The van der Waals surface area contributed by atoms with E-state index in [-0.39, 0.29) is 24.6 Å². The highest BCUT2D eigenvalue weighted by Gasteiger charge is 2.35. The zero-order chi connectivity index (χ0) is 20.5. The molecule has 0 fully saturated rings. The van der Waals surface area contributed by atoms with Crippen LogP contribution in [0.4, 0.5) is 9.18 Å². The molecule has 1 aliphatic rings. The predicted molar refractivity (Wildman–Crippen MR) is 101 cm³/mol. The Morgan fingerprint density at radius 3 is 2.61 bits per heavy atom. The summed E-state index contributed by atoms with van der Waals surface area (Å²) < 4.78 is 19.7. The average molecular weight is 386 g/mol. The molecular weight excluding hydrogens is 363 g/mol. The van der Waals surface area contributed by atoms with Crippen LogP contribution in [0.3, 0.4) is 0 Å². The first-order valence-electron chi connectivity index (χ1n) is 8.98. The van der Waals surface area contributed by atoms with Gasteiger partial charge in [-0.25, -0.2) is 9.18 Å². The van der Waals surface area contributed by atoms with Crippen LogP contribution in [0.25, 0.3) is 0 Å². The van der Waals surface area contributed by atoms with Crippen LogP contribution in [0, 0.1) is 5.82 Å². The van der Waals surface area contributed by atoms with Crippen LogP contribution in [0.5, 0.6) is 0 Å². The van der Waals surface area contributed by atoms with Gasteiger partial charge in [0.2, 0.25) is 0 Å². The van der Waals surface area contributed by atoms with Gasteiger partial charge >= 0.3 is 6.09 Å². The second-order valence-corrected chi connectivity index (χ2v) is 7.63. The molecule has 0 saturated heterocycles. The number of hydrogen-bond donors (Lipinski definition) is 2. The number of hydrogen-bond acceptors (Lipinski definition) is 4. The van der Waals surface area contributed by atoms with Gasteiger partial charge in [-0.1, -0.05) is 30.3 Å². The lowest BCUT2D eigenvalue weighted by atomic mass is 10.1. The van der Waals surface area contributed by atoms with E-state index in [2.05, 4.69) is 5.32 Å². The van der Waals surface area contributed by atoms with Crippen LogP contribution >= 0.6 is 0 Å². The Morgan fingerprint density at radius 2 is 1.93 bits per heavy atom. The third kappa shape index (κ3) is 4.14. The van der Waals surface area contributed by atoms with Crippen molar-refractivity contribution in [2.75, 3.05) is 0 Å². The van der Waals surface area contributed by atoms with Crippen molar-refractivity contribution >= 4 is 12.0 Å². The standard InChI is InChI=1S/C21H23FN2O4/c1-21(2,3)28-20(27)23-11-13-7-6-10-17(22)16(13)12-24-18(25)14-8-4-5-9-15(14)19(24)26/h4-10,18,25H,11-12H2,1-3H3,(H,23,27). The molecule has 1 atom stereocenters. The van der Waals surface area contributed by atoms with E-state index in [4.69, 9.17) is 4.74 Å². The van der Waals surface area contributed by atoms with Gasteiger partial charge in [-0.3, -0.25) is 4.79 Å². The topological polar surface area (TPSA) is 78.9 Å². The van der Waals surface area contributed by atoms with Crippen molar-refractivity contribution in [3.63, 3.8) is 0 Å². The Labute approximate surface area is 162 Å². The monoisotopic (exact) mass is 386 g/mol. The molecule has 1 aliphatic heterocycles. The van der Waals surface area contributed by atoms with Crippen LogP contribution in [0.15, 0.2) is 42.5 Å². The predicted octanol–water partition coefficient (Wildman–Crippen LogP) is 3.50. The number of halogens is 1. The van der Waals surface area contributed by atoms with E-state index < -0.39 is 23.7 Å². The highest BCUT2D eigenvalue weighted by molar-refractivity contribution is 5.98. The second-order valence-electron chi connectivity index (χ2n) is 7.63. The van der Waals surface area contributed by atoms with Gasteiger partial charge in [0.25, 0.3) is 5.91 Å². The van der Waals surface area contributed by atoms with E-state index in [1.54, 1.807) is 51.1 Å². The minimum atomic E-state index is -1.14. The van der Waals surface area contributed by atoms with E-state index in [1.807, 2.05) is 0 Å². The molecule has 2 N–H and O–H groups in total. The lowest BCUT2D eigenvalue weighted by Gasteiger charge is -2.23. The Kier molecular flexibility index (Phi) is 5.38. The number of aliphatic hydroxyl groups excluding tert-OH is 1. The molecule has 2 aromatic carbocycles. The molecule has 3 rings (SSSR count). The van der Waals surface area contributed by atoms with E-state index in [0.29, 0.717) is 16.7 Å². The van der Waals surface area contributed by atoms with Crippen LogP contribution in [-0.2, 0) is 17.8 Å². The molecule has 0 radical (unpaired) electrons. The number of rotatable bonds is 4. The SMILES string of the molecule is CC(C)(C)OC(=O)NCc1cccc(F)c1CN1C(=O)c2ccccc2C1O. The fourth-order valence-corrected chi connectivity index (χ4v) is 3.11. The molecule has 1 unspecified atom stereocenters. The number of carbonyl (C=O) groups excluding carboxylic acids is 2. The number of fused-ring (bicyclic) bond motifs is 1. The second kappa shape index (κ2) is 7.59. The van der Waals surface area contributed by atoms with E-state index in [1.165, 1.54) is 17.0 Å². The van der Waals surface area contributed by atoms with Crippen LogP contribution < -0.4 is 5.32 Å². The molecule has 0 saturated carbocycles. The molecule has 2 aromatic rings. The van der Waals surface area contributed by atoms with Crippen LogP contribution in [0.1, 0.15) is 54.0 Å². The Hall–Kier alpha value is -2.93. The van der Waals surface area contributed by atoms with Gasteiger partial charge in [-0.15, -0.1) is 0 Å². The van der Waals surface area contributed by atoms with E-state index >= 15 is 0 Å². The number of nitrogens with one attached hydrogen (secondary N) is 1. The van der Waals surface area contributed by atoms with Crippen molar-refractivity contribution in [2.24, 2.45) is 0 Å². The first-order chi connectivity index (χ1) is 13.2. The number of aliphatic hydroxyl groups is 1. The van der Waals surface area contributed by atoms with Gasteiger partial charge in [0.1, 0.15) is 11.4 Å². The number of benzene rings is 2. The molecule has 2 amide bonds. The maximum Gasteiger partial charge on any atom is 0.407 e. The van der Waals surface area contributed by atoms with Crippen molar-refractivity contribution in [1.82, 2.24) is 10.2 Å². The zero-order valence-electron chi connectivity index (χ0n) is 16.0. The van der Waals surface area contributed by atoms with Gasteiger partial charge in [-0.05, 0) is 38.5 Å². The lowest BCUT2D eigenvalue weighted by Crippen LogP contribution is -2.33. The van der Waals surface area contributed by atoms with Gasteiger partial charge in [0.05, 0.1) is 6.54 Å². The number of alkyl carbamates (subject to hydrolysis) is 1. The summed E-state index contributed by atoms with van der Waals surface area (Å²) in [6.45, 7) is 5.16. The maximum absolute atomic E-state index is 14.5. The van der Waals surface area contributed by atoms with Crippen molar-refractivity contribution in [3.8, 4) is 0 Å². The first kappa shape index (κ1) is 19.8. The highest BCUT2D eigenvalue weighted by atomic mass is 19.1. The molecular formula is C21H23FN2O4.